The number of rotatable bonds is 5. The number of carboxylic acid groups (broad SMARTS) is 1. The standard InChI is InChI=1S/C13H16N2O2S2/c1-4-15-9(3)8(2)14-13(15)18-7-10-5-6-11(19-10)12(16)17/h5-6H,4,7H2,1-3H3,(H,16,17). The van der Waals surface area contributed by atoms with E-state index in [2.05, 4.69) is 23.4 Å². The Balaban J connectivity index is 2.09. The summed E-state index contributed by atoms with van der Waals surface area (Å²) < 4.78 is 2.19. The van der Waals surface area contributed by atoms with Crippen LogP contribution < -0.4 is 0 Å². The second kappa shape index (κ2) is 5.79. The lowest BCUT2D eigenvalue weighted by molar-refractivity contribution is 0.0702. The molecular formula is C13H16N2O2S2. The third kappa shape index (κ3) is 3.01. The van der Waals surface area contributed by atoms with Crippen LogP contribution in [0.2, 0.25) is 0 Å². The average molecular weight is 296 g/mol. The Labute approximate surface area is 120 Å². The molecule has 2 aromatic heterocycles. The Hall–Kier alpha value is -1.27. The predicted octanol–water partition coefficient (Wildman–Crippen LogP) is 3.57. The van der Waals surface area contributed by atoms with E-state index in [0.717, 1.165) is 28.0 Å². The third-order valence-electron chi connectivity index (χ3n) is 2.95. The zero-order chi connectivity index (χ0) is 14.0. The molecule has 0 aliphatic rings. The molecule has 0 saturated carbocycles. The zero-order valence-electron chi connectivity index (χ0n) is 11.1. The number of carbonyl (C=O) groups is 1. The molecule has 0 unspecified atom stereocenters. The van der Waals surface area contributed by atoms with Gasteiger partial charge in [-0.2, -0.15) is 0 Å². The summed E-state index contributed by atoms with van der Waals surface area (Å²) in [5.41, 5.74) is 2.25. The summed E-state index contributed by atoms with van der Waals surface area (Å²) in [5, 5.41) is 9.90. The number of thioether (sulfide) groups is 1. The third-order valence-corrected chi connectivity index (χ3v) is 5.24. The fourth-order valence-electron chi connectivity index (χ4n) is 1.81. The molecule has 0 aromatic carbocycles. The minimum atomic E-state index is -0.858. The average Bonchev–Trinajstić information content (AvgIpc) is 2.93. The van der Waals surface area contributed by atoms with Gasteiger partial charge < -0.3 is 9.67 Å². The van der Waals surface area contributed by atoms with Crippen molar-refractivity contribution in [3.8, 4) is 0 Å². The van der Waals surface area contributed by atoms with Crippen LogP contribution in [0.3, 0.4) is 0 Å². The maximum Gasteiger partial charge on any atom is 0.345 e. The van der Waals surface area contributed by atoms with Crippen LogP contribution in [0.5, 0.6) is 0 Å². The van der Waals surface area contributed by atoms with Crippen molar-refractivity contribution < 1.29 is 9.90 Å². The molecule has 0 bridgehead atoms. The monoisotopic (exact) mass is 296 g/mol. The fourth-order valence-corrected chi connectivity index (χ4v) is 3.86. The van der Waals surface area contributed by atoms with Crippen LogP contribution >= 0.6 is 23.1 Å². The molecule has 0 aliphatic heterocycles. The summed E-state index contributed by atoms with van der Waals surface area (Å²) in [5.74, 6) is -0.101. The van der Waals surface area contributed by atoms with Crippen molar-refractivity contribution >= 4 is 29.1 Å². The van der Waals surface area contributed by atoms with Crippen molar-refractivity contribution in [3.05, 3.63) is 33.3 Å². The fraction of sp³-hybridized carbons (Fsp3) is 0.385. The van der Waals surface area contributed by atoms with Gasteiger partial charge in [-0.25, -0.2) is 9.78 Å². The van der Waals surface area contributed by atoms with E-state index in [4.69, 9.17) is 5.11 Å². The molecule has 0 amide bonds. The molecule has 0 radical (unpaired) electrons. The predicted molar refractivity (Wildman–Crippen MR) is 78.2 cm³/mol. The normalized spacial score (nSPS) is 10.9. The minimum Gasteiger partial charge on any atom is -0.477 e. The molecule has 19 heavy (non-hydrogen) atoms. The van der Waals surface area contributed by atoms with Crippen molar-refractivity contribution in [3.63, 3.8) is 0 Å². The zero-order valence-corrected chi connectivity index (χ0v) is 12.8. The van der Waals surface area contributed by atoms with Crippen LogP contribution in [0, 0.1) is 13.8 Å². The molecule has 2 heterocycles. The summed E-state index contributed by atoms with van der Waals surface area (Å²) >= 11 is 2.98. The molecule has 6 heteroatoms. The van der Waals surface area contributed by atoms with Gasteiger partial charge in [0.2, 0.25) is 0 Å². The van der Waals surface area contributed by atoms with Gasteiger partial charge >= 0.3 is 5.97 Å². The highest BCUT2D eigenvalue weighted by atomic mass is 32.2. The highest BCUT2D eigenvalue weighted by molar-refractivity contribution is 7.98. The highest BCUT2D eigenvalue weighted by Gasteiger charge is 2.12. The van der Waals surface area contributed by atoms with Crippen LogP contribution in [-0.4, -0.2) is 20.6 Å². The lowest BCUT2D eigenvalue weighted by Gasteiger charge is -2.05. The molecule has 2 rings (SSSR count). The molecular weight excluding hydrogens is 280 g/mol. The number of nitrogens with zero attached hydrogens (tertiary/aromatic N) is 2. The number of aryl methyl sites for hydroxylation is 1. The first-order chi connectivity index (χ1) is 9.02. The van der Waals surface area contributed by atoms with Crippen LogP contribution in [0.4, 0.5) is 0 Å². The molecule has 0 atom stereocenters. The van der Waals surface area contributed by atoms with Crippen molar-refractivity contribution in [1.82, 2.24) is 9.55 Å². The molecule has 0 fully saturated rings. The largest absolute Gasteiger partial charge is 0.477 e. The van der Waals surface area contributed by atoms with Crippen LogP contribution in [-0.2, 0) is 12.3 Å². The summed E-state index contributed by atoms with van der Waals surface area (Å²) in [6, 6.07) is 3.53. The number of aromatic carboxylic acids is 1. The van der Waals surface area contributed by atoms with E-state index in [1.807, 2.05) is 13.0 Å². The number of imidazole rings is 1. The van der Waals surface area contributed by atoms with Gasteiger partial charge in [-0.1, -0.05) is 11.8 Å². The summed E-state index contributed by atoms with van der Waals surface area (Å²) in [6.07, 6.45) is 0. The molecule has 1 N–H and O–H groups in total. The number of aromatic nitrogens is 2. The molecule has 102 valence electrons. The Morgan fingerprint density at radius 3 is 2.79 bits per heavy atom. The van der Waals surface area contributed by atoms with Gasteiger partial charge in [-0.15, -0.1) is 11.3 Å². The number of hydrogen-bond donors (Lipinski definition) is 1. The Bertz CT molecular complexity index is 602. The summed E-state index contributed by atoms with van der Waals surface area (Å²) in [7, 11) is 0. The molecule has 2 aromatic rings. The van der Waals surface area contributed by atoms with Gasteiger partial charge in [-0.3, -0.25) is 0 Å². The SMILES string of the molecule is CCn1c(SCc2ccc(C(=O)O)s2)nc(C)c1C. The van der Waals surface area contributed by atoms with Crippen molar-refractivity contribution in [2.75, 3.05) is 0 Å². The van der Waals surface area contributed by atoms with Crippen LogP contribution in [0.15, 0.2) is 17.3 Å². The minimum absolute atomic E-state index is 0.391. The van der Waals surface area contributed by atoms with Gasteiger partial charge in [0.25, 0.3) is 0 Å². The van der Waals surface area contributed by atoms with E-state index in [9.17, 15) is 4.79 Å². The van der Waals surface area contributed by atoms with Crippen LogP contribution in [0.1, 0.15) is 32.9 Å². The van der Waals surface area contributed by atoms with Gasteiger partial charge in [-0.05, 0) is 32.9 Å². The first kappa shape index (κ1) is 14.1. The van der Waals surface area contributed by atoms with E-state index >= 15 is 0 Å². The number of thiophene rings is 1. The molecule has 0 spiro atoms. The van der Waals surface area contributed by atoms with Gasteiger partial charge in [0.05, 0.1) is 5.69 Å². The Kier molecular flexibility index (Phi) is 4.31. The van der Waals surface area contributed by atoms with Gasteiger partial charge in [0, 0.05) is 22.9 Å². The second-order valence-corrected chi connectivity index (χ2v) is 6.28. The van der Waals surface area contributed by atoms with E-state index in [0.29, 0.717) is 4.88 Å². The summed E-state index contributed by atoms with van der Waals surface area (Å²) in [6.45, 7) is 7.09. The Morgan fingerprint density at radius 2 is 2.21 bits per heavy atom. The Morgan fingerprint density at radius 1 is 1.47 bits per heavy atom. The van der Waals surface area contributed by atoms with Gasteiger partial charge in [0.1, 0.15) is 4.88 Å². The maximum absolute atomic E-state index is 10.8. The van der Waals surface area contributed by atoms with Crippen molar-refractivity contribution in [2.45, 2.75) is 38.2 Å². The topological polar surface area (TPSA) is 55.1 Å². The highest BCUT2D eigenvalue weighted by Crippen LogP contribution is 2.27. The lowest BCUT2D eigenvalue weighted by atomic mass is 10.4. The van der Waals surface area contributed by atoms with E-state index in [1.165, 1.54) is 17.0 Å². The molecule has 0 aliphatic carbocycles. The molecule has 0 saturated heterocycles. The smallest absolute Gasteiger partial charge is 0.345 e. The van der Waals surface area contributed by atoms with E-state index in [-0.39, 0.29) is 0 Å². The van der Waals surface area contributed by atoms with Gasteiger partial charge in [0.15, 0.2) is 5.16 Å². The maximum atomic E-state index is 10.8. The quantitative estimate of drug-likeness (QED) is 0.857. The first-order valence-electron chi connectivity index (χ1n) is 6.01. The first-order valence-corrected chi connectivity index (χ1v) is 7.81. The van der Waals surface area contributed by atoms with E-state index in [1.54, 1.807) is 17.8 Å². The molecule has 4 nitrogen and oxygen atoms in total. The van der Waals surface area contributed by atoms with Crippen molar-refractivity contribution in [2.24, 2.45) is 0 Å². The van der Waals surface area contributed by atoms with E-state index < -0.39 is 5.97 Å². The second-order valence-electron chi connectivity index (χ2n) is 4.17. The number of carboxylic acids is 1. The van der Waals surface area contributed by atoms with Crippen LogP contribution in [0.25, 0.3) is 0 Å². The summed E-state index contributed by atoms with van der Waals surface area (Å²) in [4.78, 5) is 16.8. The number of hydrogen-bond acceptors (Lipinski definition) is 4. The lowest BCUT2D eigenvalue weighted by Crippen LogP contribution is -1.98. The van der Waals surface area contributed by atoms with Crippen molar-refractivity contribution in [1.29, 1.82) is 0 Å².